The van der Waals surface area contributed by atoms with E-state index in [1.165, 1.54) is 70.1 Å². The molecule has 0 amide bonds. The molecule has 2 nitrogen and oxygen atoms in total. The number of aryl methyl sites for hydroxylation is 2. The molecule has 0 radical (unpaired) electrons. The average molecular weight is 258 g/mol. The van der Waals surface area contributed by atoms with Crippen molar-refractivity contribution < 1.29 is 0 Å². The Balaban J connectivity index is 1.55. The monoisotopic (exact) mass is 258 g/mol. The van der Waals surface area contributed by atoms with Gasteiger partial charge in [0, 0.05) is 12.6 Å². The van der Waals surface area contributed by atoms with Crippen molar-refractivity contribution >= 4 is 0 Å². The fourth-order valence-corrected chi connectivity index (χ4v) is 3.41. The summed E-state index contributed by atoms with van der Waals surface area (Å²) < 4.78 is 0. The molecule has 1 heterocycles. The Morgan fingerprint density at radius 2 is 1.79 bits per heavy atom. The Hall–Kier alpha value is -0.860. The molecule has 104 valence electrons. The molecule has 2 N–H and O–H groups in total. The number of likely N-dealkylation sites (tertiary alicyclic amines) is 1. The predicted molar refractivity (Wildman–Crippen MR) is 80.4 cm³/mol. The predicted octanol–water partition coefficient (Wildman–Crippen LogP) is 2.53. The molecule has 0 unspecified atom stereocenters. The second kappa shape index (κ2) is 6.06. The third-order valence-corrected chi connectivity index (χ3v) is 4.76. The minimum atomic E-state index is 0.444. The van der Waals surface area contributed by atoms with Crippen molar-refractivity contribution in [1.29, 1.82) is 0 Å². The average Bonchev–Trinajstić information content (AvgIpc) is 2.46. The smallest absolute Gasteiger partial charge is 0.00631 e. The number of fused-ring (bicyclic) bond motifs is 1. The van der Waals surface area contributed by atoms with Crippen LogP contribution >= 0.6 is 0 Å². The highest BCUT2D eigenvalue weighted by Crippen LogP contribution is 2.22. The van der Waals surface area contributed by atoms with Crippen LogP contribution in [0.5, 0.6) is 0 Å². The lowest BCUT2D eigenvalue weighted by atomic mass is 9.90. The van der Waals surface area contributed by atoms with Gasteiger partial charge in [0.25, 0.3) is 0 Å². The maximum atomic E-state index is 5.95. The quantitative estimate of drug-likeness (QED) is 0.902. The summed E-state index contributed by atoms with van der Waals surface area (Å²) in [6, 6.07) is 7.62. The van der Waals surface area contributed by atoms with Crippen molar-refractivity contribution in [2.75, 3.05) is 19.6 Å². The molecule has 1 fully saturated rings. The van der Waals surface area contributed by atoms with Crippen molar-refractivity contribution in [3.05, 3.63) is 34.9 Å². The molecule has 0 saturated carbocycles. The van der Waals surface area contributed by atoms with Gasteiger partial charge >= 0.3 is 0 Å². The van der Waals surface area contributed by atoms with E-state index in [9.17, 15) is 0 Å². The van der Waals surface area contributed by atoms with Crippen LogP contribution in [-0.4, -0.2) is 30.6 Å². The summed E-state index contributed by atoms with van der Waals surface area (Å²) in [7, 11) is 0. The Kier molecular flexibility index (Phi) is 4.19. The molecule has 0 spiro atoms. The van der Waals surface area contributed by atoms with E-state index in [0.717, 1.165) is 0 Å². The van der Waals surface area contributed by atoms with Gasteiger partial charge in [-0.05, 0) is 74.7 Å². The van der Waals surface area contributed by atoms with Crippen LogP contribution in [0.1, 0.15) is 42.4 Å². The summed E-state index contributed by atoms with van der Waals surface area (Å²) in [5, 5.41) is 0. The summed E-state index contributed by atoms with van der Waals surface area (Å²) in [6.45, 7) is 3.57. The molecule has 0 bridgehead atoms. The van der Waals surface area contributed by atoms with Gasteiger partial charge in [-0.2, -0.15) is 0 Å². The number of nitrogens with two attached hydrogens (primary N) is 1. The summed E-state index contributed by atoms with van der Waals surface area (Å²) in [5.74, 6) is 0. The fraction of sp³-hybridized carbons (Fsp3) is 0.647. The van der Waals surface area contributed by atoms with Crippen LogP contribution in [0.3, 0.4) is 0 Å². The van der Waals surface area contributed by atoms with Crippen LogP contribution in [0.2, 0.25) is 0 Å². The van der Waals surface area contributed by atoms with E-state index < -0.39 is 0 Å². The van der Waals surface area contributed by atoms with Crippen LogP contribution in [0.25, 0.3) is 0 Å². The zero-order valence-electron chi connectivity index (χ0n) is 11.9. The van der Waals surface area contributed by atoms with Crippen LogP contribution in [0, 0.1) is 0 Å². The topological polar surface area (TPSA) is 29.3 Å². The van der Waals surface area contributed by atoms with Crippen LogP contribution in [-0.2, 0) is 19.3 Å². The second-order valence-corrected chi connectivity index (χ2v) is 6.24. The van der Waals surface area contributed by atoms with Gasteiger partial charge in [-0.1, -0.05) is 18.2 Å². The lowest BCUT2D eigenvalue weighted by Gasteiger charge is -2.30. The van der Waals surface area contributed by atoms with Crippen LogP contribution in [0.4, 0.5) is 0 Å². The number of piperidine rings is 1. The molecule has 3 rings (SSSR count). The number of rotatable bonds is 3. The van der Waals surface area contributed by atoms with Gasteiger partial charge in [-0.25, -0.2) is 0 Å². The van der Waals surface area contributed by atoms with Gasteiger partial charge < -0.3 is 10.6 Å². The first-order chi connectivity index (χ1) is 9.31. The first kappa shape index (κ1) is 13.1. The van der Waals surface area contributed by atoms with E-state index in [0.29, 0.717) is 6.04 Å². The molecule has 0 aromatic heterocycles. The number of benzene rings is 1. The van der Waals surface area contributed by atoms with Crippen molar-refractivity contribution in [3.8, 4) is 0 Å². The van der Waals surface area contributed by atoms with E-state index in [1.807, 2.05) is 0 Å². The number of nitrogens with zero attached hydrogens (tertiary/aromatic N) is 1. The molecule has 1 aliphatic heterocycles. The highest BCUT2D eigenvalue weighted by atomic mass is 15.1. The normalized spacial score (nSPS) is 21.3. The van der Waals surface area contributed by atoms with Gasteiger partial charge in [0.05, 0.1) is 0 Å². The zero-order chi connectivity index (χ0) is 13.1. The van der Waals surface area contributed by atoms with E-state index in [-0.39, 0.29) is 0 Å². The van der Waals surface area contributed by atoms with Crippen molar-refractivity contribution in [3.63, 3.8) is 0 Å². The van der Waals surface area contributed by atoms with E-state index in [2.05, 4.69) is 23.1 Å². The molecule has 19 heavy (non-hydrogen) atoms. The molecule has 2 heteroatoms. The molecule has 2 aliphatic rings. The molecule has 1 aliphatic carbocycles. The lowest BCUT2D eigenvalue weighted by Crippen LogP contribution is -2.40. The lowest BCUT2D eigenvalue weighted by molar-refractivity contribution is 0.215. The van der Waals surface area contributed by atoms with Crippen molar-refractivity contribution in [2.24, 2.45) is 5.73 Å². The van der Waals surface area contributed by atoms with Gasteiger partial charge in [-0.15, -0.1) is 0 Å². The first-order valence-electron chi connectivity index (χ1n) is 7.90. The van der Waals surface area contributed by atoms with Crippen molar-refractivity contribution in [2.45, 2.75) is 51.0 Å². The minimum Gasteiger partial charge on any atom is -0.328 e. The Labute approximate surface area is 117 Å². The Morgan fingerprint density at radius 1 is 1.05 bits per heavy atom. The van der Waals surface area contributed by atoms with Crippen LogP contribution in [0.15, 0.2) is 18.2 Å². The summed E-state index contributed by atoms with van der Waals surface area (Å²) in [4.78, 5) is 2.57. The number of hydrogen-bond acceptors (Lipinski definition) is 2. The minimum absolute atomic E-state index is 0.444. The largest absolute Gasteiger partial charge is 0.328 e. The maximum absolute atomic E-state index is 5.95. The summed E-state index contributed by atoms with van der Waals surface area (Å²) >= 11 is 0. The molecule has 1 aromatic carbocycles. The highest BCUT2D eigenvalue weighted by molar-refractivity contribution is 5.33. The maximum Gasteiger partial charge on any atom is 0.00631 e. The third kappa shape index (κ3) is 3.37. The molecular formula is C17H26N2. The standard InChI is InChI=1S/C17H26N2/c18-17-8-11-19(12-9-17)10-7-14-5-6-15-3-1-2-4-16(15)13-14/h5-6,13,17H,1-4,7-12,18H2. The number of hydrogen-bond donors (Lipinski definition) is 1. The fourth-order valence-electron chi connectivity index (χ4n) is 3.41. The zero-order valence-corrected chi connectivity index (χ0v) is 11.9. The molecule has 0 atom stereocenters. The van der Waals surface area contributed by atoms with Gasteiger partial charge in [0.1, 0.15) is 0 Å². The summed E-state index contributed by atoms with van der Waals surface area (Å²) in [5.41, 5.74) is 10.7. The van der Waals surface area contributed by atoms with E-state index in [4.69, 9.17) is 5.73 Å². The summed E-state index contributed by atoms with van der Waals surface area (Å²) in [6.07, 6.45) is 8.87. The third-order valence-electron chi connectivity index (χ3n) is 4.76. The molecule has 1 saturated heterocycles. The van der Waals surface area contributed by atoms with Crippen molar-refractivity contribution in [1.82, 2.24) is 4.90 Å². The van der Waals surface area contributed by atoms with Crippen LogP contribution < -0.4 is 5.73 Å². The molecule has 1 aromatic rings. The highest BCUT2D eigenvalue weighted by Gasteiger charge is 2.16. The SMILES string of the molecule is NC1CCN(CCc2ccc3c(c2)CCCC3)CC1. The van der Waals surface area contributed by atoms with E-state index in [1.54, 1.807) is 11.1 Å². The van der Waals surface area contributed by atoms with Gasteiger partial charge in [0.2, 0.25) is 0 Å². The van der Waals surface area contributed by atoms with Gasteiger partial charge in [0.15, 0.2) is 0 Å². The second-order valence-electron chi connectivity index (χ2n) is 6.24. The van der Waals surface area contributed by atoms with Gasteiger partial charge in [-0.3, -0.25) is 0 Å². The molecular weight excluding hydrogens is 232 g/mol. The Bertz CT molecular complexity index is 419. The Morgan fingerprint density at radius 3 is 2.58 bits per heavy atom. The van der Waals surface area contributed by atoms with E-state index >= 15 is 0 Å². The first-order valence-corrected chi connectivity index (χ1v) is 7.90.